The van der Waals surface area contributed by atoms with Crippen molar-refractivity contribution in [3.63, 3.8) is 0 Å². The zero-order valence-corrected chi connectivity index (χ0v) is 12.2. The summed E-state index contributed by atoms with van der Waals surface area (Å²) in [5.74, 6) is 2.54. The lowest BCUT2D eigenvalue weighted by Gasteiger charge is -2.28. The summed E-state index contributed by atoms with van der Waals surface area (Å²) in [7, 11) is 0. The zero-order valence-electron chi connectivity index (χ0n) is 11.4. The van der Waals surface area contributed by atoms with Gasteiger partial charge in [-0.05, 0) is 18.9 Å². The number of nitrogens with zero attached hydrogens (tertiary/aromatic N) is 3. The van der Waals surface area contributed by atoms with Gasteiger partial charge in [0.05, 0.1) is 6.04 Å². The minimum Gasteiger partial charge on any atom is -0.318 e. The summed E-state index contributed by atoms with van der Waals surface area (Å²) in [6, 6.07) is 8.83. The molecule has 5 heteroatoms. The van der Waals surface area contributed by atoms with Crippen LogP contribution in [-0.4, -0.2) is 26.7 Å². The third-order valence-electron chi connectivity index (χ3n) is 3.40. The smallest absolute Gasteiger partial charge is 0.210 e. The van der Waals surface area contributed by atoms with E-state index in [2.05, 4.69) is 60.7 Å². The topological polar surface area (TPSA) is 42.7 Å². The fourth-order valence-electron chi connectivity index (χ4n) is 2.16. The van der Waals surface area contributed by atoms with Gasteiger partial charge >= 0.3 is 0 Å². The van der Waals surface area contributed by atoms with Crippen LogP contribution in [0.2, 0.25) is 0 Å². The maximum Gasteiger partial charge on any atom is 0.210 e. The lowest BCUT2D eigenvalue weighted by Crippen LogP contribution is -2.38. The first-order valence-corrected chi connectivity index (χ1v) is 7.55. The minimum atomic E-state index is 0.456. The van der Waals surface area contributed by atoms with Crippen LogP contribution in [0, 0.1) is 12.8 Å². The summed E-state index contributed by atoms with van der Waals surface area (Å²) in [6.07, 6.45) is 0. The number of rotatable bonds is 2. The highest BCUT2D eigenvalue weighted by Gasteiger charge is 2.25. The Bertz CT molecular complexity index is 591. The van der Waals surface area contributed by atoms with Crippen molar-refractivity contribution in [3.8, 4) is 11.4 Å². The van der Waals surface area contributed by atoms with Gasteiger partial charge in [-0.2, -0.15) is 0 Å². The molecule has 1 aromatic heterocycles. The van der Waals surface area contributed by atoms with E-state index in [1.54, 1.807) is 11.8 Å². The van der Waals surface area contributed by atoms with Crippen LogP contribution < -0.4 is 5.43 Å². The number of aryl methyl sites for hydroxylation is 1. The Hall–Kier alpha value is -1.49. The van der Waals surface area contributed by atoms with Crippen LogP contribution in [0.25, 0.3) is 11.4 Å². The van der Waals surface area contributed by atoms with Gasteiger partial charge < -0.3 is 5.43 Å². The maximum atomic E-state index is 4.33. The van der Waals surface area contributed by atoms with Crippen LogP contribution >= 0.6 is 11.8 Å². The van der Waals surface area contributed by atoms with Crippen molar-refractivity contribution in [2.45, 2.75) is 32.0 Å². The maximum absolute atomic E-state index is 4.33. The van der Waals surface area contributed by atoms with E-state index < -0.39 is 0 Å². The Morgan fingerprint density at radius 1 is 1.37 bits per heavy atom. The third kappa shape index (κ3) is 2.34. The van der Waals surface area contributed by atoms with Crippen LogP contribution in [0.5, 0.6) is 0 Å². The second-order valence-corrected chi connectivity index (χ2v) is 6.29. The molecule has 1 N–H and O–H groups in total. The van der Waals surface area contributed by atoms with Gasteiger partial charge in [0.2, 0.25) is 5.16 Å². The van der Waals surface area contributed by atoms with Crippen LogP contribution in [0.3, 0.4) is 0 Å². The predicted octanol–water partition coefficient (Wildman–Crippen LogP) is 2.93. The van der Waals surface area contributed by atoms with E-state index in [1.807, 2.05) is 4.68 Å². The van der Waals surface area contributed by atoms with Crippen molar-refractivity contribution >= 4 is 11.8 Å². The molecule has 2 heterocycles. The molecule has 0 amide bonds. The van der Waals surface area contributed by atoms with Crippen molar-refractivity contribution < 1.29 is 0 Å². The second-order valence-electron chi connectivity index (χ2n) is 5.30. The van der Waals surface area contributed by atoms with Crippen LogP contribution in [0.4, 0.5) is 0 Å². The van der Waals surface area contributed by atoms with Gasteiger partial charge in [-0.3, -0.25) is 0 Å². The lowest BCUT2D eigenvalue weighted by molar-refractivity contribution is 0.503. The first-order valence-electron chi connectivity index (χ1n) is 6.57. The van der Waals surface area contributed by atoms with Crippen molar-refractivity contribution in [1.82, 2.24) is 14.9 Å². The highest BCUT2D eigenvalue weighted by molar-refractivity contribution is 7.99. The Balaban J connectivity index is 1.99. The lowest BCUT2D eigenvalue weighted by atomic mass is 10.1. The summed E-state index contributed by atoms with van der Waals surface area (Å²) in [5, 5.41) is 9.55. The Morgan fingerprint density at radius 3 is 2.95 bits per heavy atom. The second kappa shape index (κ2) is 4.89. The van der Waals surface area contributed by atoms with Crippen LogP contribution in [0.1, 0.15) is 19.4 Å². The molecule has 0 radical (unpaired) electrons. The van der Waals surface area contributed by atoms with Crippen LogP contribution in [-0.2, 0) is 0 Å². The van der Waals surface area contributed by atoms with Crippen molar-refractivity contribution in [1.29, 1.82) is 0 Å². The molecule has 19 heavy (non-hydrogen) atoms. The number of hydrogen-bond acceptors (Lipinski definition) is 4. The molecule has 1 unspecified atom stereocenters. The number of thioether (sulfide) groups is 1. The molecule has 1 aliphatic rings. The fourth-order valence-corrected chi connectivity index (χ4v) is 3.31. The first kappa shape index (κ1) is 12.5. The van der Waals surface area contributed by atoms with Crippen molar-refractivity contribution in [2.75, 3.05) is 11.2 Å². The van der Waals surface area contributed by atoms with Gasteiger partial charge in [-0.25, -0.2) is 4.68 Å². The van der Waals surface area contributed by atoms with Crippen molar-refractivity contribution in [3.05, 3.63) is 29.8 Å². The summed E-state index contributed by atoms with van der Waals surface area (Å²) in [5.41, 5.74) is 5.88. The third-order valence-corrected chi connectivity index (χ3v) is 4.45. The van der Waals surface area contributed by atoms with E-state index in [9.17, 15) is 0 Å². The summed E-state index contributed by atoms with van der Waals surface area (Å²) in [6.45, 7) is 6.57. The number of hydrogen-bond donors (Lipinski definition) is 1. The summed E-state index contributed by atoms with van der Waals surface area (Å²) < 4.78 is 2.04. The predicted molar refractivity (Wildman–Crippen MR) is 78.9 cm³/mol. The minimum absolute atomic E-state index is 0.456. The molecule has 1 aliphatic heterocycles. The van der Waals surface area contributed by atoms with E-state index in [0.717, 1.165) is 22.3 Å². The van der Waals surface area contributed by atoms with Crippen LogP contribution in [0.15, 0.2) is 29.4 Å². The molecular formula is C14H18N4S. The average molecular weight is 274 g/mol. The van der Waals surface area contributed by atoms with Gasteiger partial charge in [-0.15, -0.1) is 10.2 Å². The van der Waals surface area contributed by atoms with Gasteiger partial charge in [0.25, 0.3) is 0 Å². The molecule has 1 atom stereocenters. The molecule has 0 spiro atoms. The van der Waals surface area contributed by atoms with Gasteiger partial charge in [0, 0.05) is 11.3 Å². The highest BCUT2D eigenvalue weighted by atomic mass is 32.2. The zero-order chi connectivity index (χ0) is 13.4. The molecule has 1 aromatic carbocycles. The SMILES string of the molecule is Cc1cccc(-c2nnc3n2NC(C(C)C)CS3)c1. The van der Waals surface area contributed by atoms with Gasteiger partial charge in [0.1, 0.15) is 0 Å². The Kier molecular flexibility index (Phi) is 3.22. The largest absolute Gasteiger partial charge is 0.318 e. The van der Waals surface area contributed by atoms with Crippen molar-refractivity contribution in [2.24, 2.45) is 5.92 Å². The van der Waals surface area contributed by atoms with E-state index in [4.69, 9.17) is 0 Å². The van der Waals surface area contributed by atoms with E-state index >= 15 is 0 Å². The number of nitrogens with one attached hydrogen (secondary N) is 1. The summed E-state index contributed by atoms with van der Waals surface area (Å²) >= 11 is 1.77. The standard InChI is InChI=1S/C14H18N4S/c1-9(2)12-8-19-14-16-15-13(18(14)17-12)11-6-4-5-10(3)7-11/h4-7,9,12,17H,8H2,1-3H3. The molecule has 0 fully saturated rings. The normalized spacial score (nSPS) is 18.2. The van der Waals surface area contributed by atoms with Gasteiger partial charge in [-0.1, -0.05) is 49.4 Å². The molecule has 0 saturated heterocycles. The average Bonchev–Trinajstić information content (AvgIpc) is 2.81. The summed E-state index contributed by atoms with van der Waals surface area (Å²) in [4.78, 5) is 0. The number of benzene rings is 1. The van der Waals surface area contributed by atoms with E-state index in [0.29, 0.717) is 12.0 Å². The fraction of sp³-hybridized carbons (Fsp3) is 0.429. The highest BCUT2D eigenvalue weighted by Crippen LogP contribution is 2.28. The molecule has 0 bridgehead atoms. The Labute approximate surface area is 117 Å². The number of aromatic nitrogens is 3. The molecule has 3 rings (SSSR count). The monoisotopic (exact) mass is 274 g/mol. The Morgan fingerprint density at radius 2 is 2.21 bits per heavy atom. The quantitative estimate of drug-likeness (QED) is 0.914. The first-order chi connectivity index (χ1) is 9.15. The molecule has 2 aromatic rings. The van der Waals surface area contributed by atoms with E-state index in [-0.39, 0.29) is 0 Å². The molecule has 0 aliphatic carbocycles. The molecule has 4 nitrogen and oxygen atoms in total. The number of fused-ring (bicyclic) bond motifs is 1. The molecule has 100 valence electrons. The molecular weight excluding hydrogens is 256 g/mol. The molecule has 0 saturated carbocycles. The van der Waals surface area contributed by atoms with Gasteiger partial charge in [0.15, 0.2) is 5.82 Å². The van der Waals surface area contributed by atoms with E-state index in [1.165, 1.54) is 5.56 Å².